The van der Waals surface area contributed by atoms with Crippen molar-refractivity contribution in [1.29, 1.82) is 0 Å². The second-order valence-corrected chi connectivity index (χ2v) is 4.08. The number of aromatic nitrogens is 2. The molecular formula is C11H14N4O3. The van der Waals surface area contributed by atoms with E-state index in [2.05, 4.69) is 10.3 Å². The minimum absolute atomic E-state index is 0.243. The first kappa shape index (κ1) is 12.3. The molecule has 1 aromatic rings. The second kappa shape index (κ2) is 5.44. The Morgan fingerprint density at radius 3 is 2.67 bits per heavy atom. The standard InChI is InChI=1S/C11H14N4O3/c16-9-7-10(17)15(11(18)13-9)5-2-1-4-14-6-3-12-8-14/h3,6,8H,1-2,4-5,7H2,(H,13,16,18). The summed E-state index contributed by atoms with van der Waals surface area (Å²) in [6, 6.07) is -0.612. The molecule has 1 N–H and O–H groups in total. The summed E-state index contributed by atoms with van der Waals surface area (Å²) in [5, 5.41) is 2.13. The fourth-order valence-corrected chi connectivity index (χ4v) is 1.79. The van der Waals surface area contributed by atoms with Crippen molar-refractivity contribution >= 4 is 17.8 Å². The Morgan fingerprint density at radius 1 is 1.22 bits per heavy atom. The van der Waals surface area contributed by atoms with Crippen LogP contribution in [-0.4, -0.2) is 38.8 Å². The van der Waals surface area contributed by atoms with Gasteiger partial charge in [-0.2, -0.15) is 0 Å². The zero-order chi connectivity index (χ0) is 13.0. The number of hydrogen-bond acceptors (Lipinski definition) is 4. The number of imidazole rings is 1. The molecule has 2 heterocycles. The predicted octanol–water partition coefficient (Wildman–Crippen LogP) is 0.132. The zero-order valence-electron chi connectivity index (χ0n) is 9.83. The van der Waals surface area contributed by atoms with E-state index in [1.54, 1.807) is 12.5 Å². The summed E-state index contributed by atoms with van der Waals surface area (Å²) >= 11 is 0. The Hall–Kier alpha value is -2.18. The summed E-state index contributed by atoms with van der Waals surface area (Å²) in [7, 11) is 0. The van der Waals surface area contributed by atoms with E-state index in [0.717, 1.165) is 17.9 Å². The van der Waals surface area contributed by atoms with Gasteiger partial charge in [-0.05, 0) is 12.8 Å². The molecule has 0 spiro atoms. The van der Waals surface area contributed by atoms with Gasteiger partial charge in [-0.1, -0.05) is 0 Å². The topological polar surface area (TPSA) is 84.3 Å². The first-order valence-electron chi connectivity index (χ1n) is 5.77. The molecule has 0 atom stereocenters. The number of barbiturate groups is 1. The third-order valence-electron chi connectivity index (χ3n) is 2.71. The summed E-state index contributed by atoms with van der Waals surface area (Å²) in [6.07, 6.45) is 6.57. The lowest BCUT2D eigenvalue weighted by Gasteiger charge is -2.24. The third-order valence-corrected chi connectivity index (χ3v) is 2.71. The van der Waals surface area contributed by atoms with Crippen LogP contribution in [0.5, 0.6) is 0 Å². The van der Waals surface area contributed by atoms with Crippen molar-refractivity contribution in [2.75, 3.05) is 6.54 Å². The lowest BCUT2D eigenvalue weighted by atomic mass is 10.2. The highest BCUT2D eigenvalue weighted by Crippen LogP contribution is 2.05. The Labute approximate surface area is 104 Å². The average molecular weight is 250 g/mol. The first-order chi connectivity index (χ1) is 8.66. The van der Waals surface area contributed by atoms with Gasteiger partial charge in [0.2, 0.25) is 11.8 Å². The fourth-order valence-electron chi connectivity index (χ4n) is 1.79. The monoisotopic (exact) mass is 250 g/mol. The minimum atomic E-state index is -0.612. The van der Waals surface area contributed by atoms with Gasteiger partial charge in [0.05, 0.1) is 6.33 Å². The van der Waals surface area contributed by atoms with Crippen LogP contribution in [0.1, 0.15) is 19.3 Å². The number of carbonyl (C=O) groups is 3. The van der Waals surface area contributed by atoms with Crippen molar-refractivity contribution in [2.45, 2.75) is 25.8 Å². The molecule has 2 rings (SSSR count). The molecule has 1 aliphatic heterocycles. The maximum atomic E-state index is 11.5. The summed E-state index contributed by atoms with van der Waals surface area (Å²) < 4.78 is 1.93. The van der Waals surface area contributed by atoms with Crippen LogP contribution >= 0.6 is 0 Å². The van der Waals surface area contributed by atoms with Crippen LogP contribution in [0.15, 0.2) is 18.7 Å². The van der Waals surface area contributed by atoms with Gasteiger partial charge in [-0.15, -0.1) is 0 Å². The van der Waals surface area contributed by atoms with Gasteiger partial charge in [0, 0.05) is 25.5 Å². The lowest BCUT2D eigenvalue weighted by Crippen LogP contribution is -2.52. The number of imide groups is 2. The quantitative estimate of drug-likeness (QED) is 0.594. The van der Waals surface area contributed by atoms with Gasteiger partial charge in [0.25, 0.3) is 0 Å². The van der Waals surface area contributed by atoms with Gasteiger partial charge < -0.3 is 4.57 Å². The Balaban J connectivity index is 1.74. The molecule has 96 valence electrons. The van der Waals surface area contributed by atoms with Crippen LogP contribution in [0, 0.1) is 0 Å². The van der Waals surface area contributed by atoms with Crippen LogP contribution < -0.4 is 5.32 Å². The van der Waals surface area contributed by atoms with Crippen molar-refractivity contribution in [3.63, 3.8) is 0 Å². The Morgan fingerprint density at radius 2 is 2.00 bits per heavy atom. The molecule has 1 aromatic heterocycles. The van der Waals surface area contributed by atoms with E-state index in [0.29, 0.717) is 13.0 Å². The van der Waals surface area contributed by atoms with Crippen molar-refractivity contribution in [1.82, 2.24) is 19.8 Å². The SMILES string of the molecule is O=C1CC(=O)N(CCCCn2ccnc2)C(=O)N1. The van der Waals surface area contributed by atoms with Gasteiger partial charge in [0.15, 0.2) is 0 Å². The molecule has 1 saturated heterocycles. The predicted molar refractivity (Wildman–Crippen MR) is 61.3 cm³/mol. The normalized spacial score (nSPS) is 16.0. The number of unbranched alkanes of at least 4 members (excludes halogenated alkanes) is 1. The van der Waals surface area contributed by atoms with Crippen LogP contribution in [0.2, 0.25) is 0 Å². The number of aryl methyl sites for hydroxylation is 1. The number of rotatable bonds is 5. The zero-order valence-corrected chi connectivity index (χ0v) is 9.83. The molecule has 0 radical (unpaired) electrons. The van der Waals surface area contributed by atoms with Gasteiger partial charge in [0.1, 0.15) is 6.42 Å². The van der Waals surface area contributed by atoms with Gasteiger partial charge in [-0.25, -0.2) is 9.78 Å². The van der Waals surface area contributed by atoms with Crippen molar-refractivity contribution in [3.05, 3.63) is 18.7 Å². The van der Waals surface area contributed by atoms with E-state index in [1.165, 1.54) is 0 Å². The number of hydrogen-bond donors (Lipinski definition) is 1. The van der Waals surface area contributed by atoms with Crippen LogP contribution in [-0.2, 0) is 16.1 Å². The summed E-state index contributed by atoms with van der Waals surface area (Å²) in [5.74, 6) is -0.953. The molecule has 18 heavy (non-hydrogen) atoms. The smallest absolute Gasteiger partial charge is 0.330 e. The lowest BCUT2D eigenvalue weighted by molar-refractivity contribution is -0.136. The third kappa shape index (κ3) is 2.93. The second-order valence-electron chi connectivity index (χ2n) is 4.08. The van der Waals surface area contributed by atoms with Crippen LogP contribution in [0.25, 0.3) is 0 Å². The molecule has 1 aliphatic rings. The molecule has 0 aromatic carbocycles. The van der Waals surface area contributed by atoms with Crippen LogP contribution in [0.4, 0.5) is 4.79 Å². The molecule has 0 bridgehead atoms. The molecule has 4 amide bonds. The maximum Gasteiger partial charge on any atom is 0.330 e. The molecule has 1 fully saturated rings. The van der Waals surface area contributed by atoms with Gasteiger partial charge in [-0.3, -0.25) is 19.8 Å². The minimum Gasteiger partial charge on any atom is -0.337 e. The molecule has 0 aliphatic carbocycles. The fraction of sp³-hybridized carbons (Fsp3) is 0.455. The van der Waals surface area contributed by atoms with E-state index in [1.807, 2.05) is 10.8 Å². The molecular weight excluding hydrogens is 236 g/mol. The van der Waals surface area contributed by atoms with E-state index in [9.17, 15) is 14.4 Å². The average Bonchev–Trinajstić information content (AvgIpc) is 2.79. The van der Waals surface area contributed by atoms with Crippen molar-refractivity contribution < 1.29 is 14.4 Å². The highest BCUT2D eigenvalue weighted by Gasteiger charge is 2.29. The van der Waals surface area contributed by atoms with Crippen LogP contribution in [0.3, 0.4) is 0 Å². The Bertz CT molecular complexity index is 435. The van der Waals surface area contributed by atoms with Gasteiger partial charge >= 0.3 is 6.03 Å². The van der Waals surface area contributed by atoms with Crippen molar-refractivity contribution in [2.24, 2.45) is 0 Å². The number of carbonyl (C=O) groups excluding carboxylic acids is 3. The van der Waals surface area contributed by atoms with E-state index in [4.69, 9.17) is 0 Å². The molecule has 7 heteroatoms. The molecule has 7 nitrogen and oxygen atoms in total. The summed E-state index contributed by atoms with van der Waals surface area (Å²) in [6.45, 7) is 1.13. The number of nitrogens with zero attached hydrogens (tertiary/aromatic N) is 3. The summed E-state index contributed by atoms with van der Waals surface area (Å²) in [5.41, 5.74) is 0. The number of nitrogens with one attached hydrogen (secondary N) is 1. The first-order valence-corrected chi connectivity index (χ1v) is 5.77. The number of urea groups is 1. The maximum absolute atomic E-state index is 11.5. The number of amides is 4. The highest BCUT2D eigenvalue weighted by atomic mass is 16.2. The van der Waals surface area contributed by atoms with E-state index >= 15 is 0 Å². The Kier molecular flexibility index (Phi) is 3.71. The molecule has 0 unspecified atom stereocenters. The summed E-state index contributed by atoms with van der Waals surface area (Å²) in [4.78, 5) is 38.8. The van der Waals surface area contributed by atoms with E-state index < -0.39 is 17.8 Å². The van der Waals surface area contributed by atoms with Crippen molar-refractivity contribution in [3.8, 4) is 0 Å². The van der Waals surface area contributed by atoms with E-state index in [-0.39, 0.29) is 6.42 Å². The highest BCUT2D eigenvalue weighted by molar-refractivity contribution is 6.14. The molecule has 0 saturated carbocycles. The largest absolute Gasteiger partial charge is 0.337 e.